The Morgan fingerprint density at radius 1 is 1.29 bits per heavy atom. The molecule has 0 aliphatic heterocycles. The second kappa shape index (κ2) is 4.00. The number of hydrogen-bond donors (Lipinski definition) is 2. The molecular weight excluding hydrogens is 218 g/mol. The van der Waals surface area contributed by atoms with Crippen molar-refractivity contribution >= 4 is 11.9 Å². The highest BCUT2D eigenvalue weighted by molar-refractivity contribution is 5.36. The average Bonchev–Trinajstić information content (AvgIpc) is 2.76. The minimum absolute atomic E-state index is 0.201. The Hall–Kier alpha value is -2.18. The summed E-state index contributed by atoms with van der Waals surface area (Å²) in [6.45, 7) is 0. The third-order valence-corrected chi connectivity index (χ3v) is 2.79. The van der Waals surface area contributed by atoms with Gasteiger partial charge in [0.15, 0.2) is 0 Å². The Morgan fingerprint density at radius 3 is 2.82 bits per heavy atom. The molecule has 7 nitrogen and oxygen atoms in total. The molecule has 0 atom stereocenters. The van der Waals surface area contributed by atoms with Crippen LogP contribution in [-0.4, -0.2) is 30.8 Å². The molecule has 0 bridgehead atoms. The van der Waals surface area contributed by atoms with E-state index in [9.17, 15) is 0 Å². The van der Waals surface area contributed by atoms with Gasteiger partial charge >= 0.3 is 0 Å². The minimum Gasteiger partial charge on any atom is -0.368 e. The van der Waals surface area contributed by atoms with Gasteiger partial charge in [0.05, 0.1) is 0 Å². The predicted molar refractivity (Wildman–Crippen MR) is 62.6 cm³/mol. The molecule has 0 saturated heterocycles. The lowest BCUT2D eigenvalue weighted by molar-refractivity contribution is 0.443. The van der Waals surface area contributed by atoms with Gasteiger partial charge in [-0.25, -0.2) is 4.68 Å². The lowest BCUT2D eigenvalue weighted by atomic mass is 9.93. The highest BCUT2D eigenvalue weighted by Crippen LogP contribution is 2.21. The molecule has 0 unspecified atom stereocenters. The standard InChI is InChI=1S/C10H13N7/c11-8-14-9(13-7-3-1-4-7)16-10(15-8)17-6-2-5-12-17/h2,5-7H,1,3-4H2,(H3,11,13,14,15,16). The van der Waals surface area contributed by atoms with E-state index in [-0.39, 0.29) is 5.95 Å². The van der Waals surface area contributed by atoms with Crippen LogP contribution in [0.25, 0.3) is 5.95 Å². The SMILES string of the molecule is Nc1nc(NC2CCC2)nc(-n2cccn2)n1. The van der Waals surface area contributed by atoms with Crippen LogP contribution >= 0.6 is 0 Å². The van der Waals surface area contributed by atoms with Gasteiger partial charge in [-0.05, 0) is 25.3 Å². The molecule has 2 aromatic heterocycles. The van der Waals surface area contributed by atoms with Crippen molar-refractivity contribution in [3.05, 3.63) is 18.5 Å². The monoisotopic (exact) mass is 231 g/mol. The molecule has 2 aromatic rings. The molecule has 3 rings (SSSR count). The van der Waals surface area contributed by atoms with Crippen LogP contribution in [0.15, 0.2) is 18.5 Å². The molecule has 1 fully saturated rings. The molecule has 2 heterocycles. The van der Waals surface area contributed by atoms with Gasteiger partial charge in [-0.3, -0.25) is 0 Å². The third kappa shape index (κ3) is 2.03. The highest BCUT2D eigenvalue weighted by Gasteiger charge is 2.18. The van der Waals surface area contributed by atoms with Crippen molar-refractivity contribution in [2.45, 2.75) is 25.3 Å². The number of nitrogens with two attached hydrogens (primary N) is 1. The van der Waals surface area contributed by atoms with Crippen LogP contribution in [0.5, 0.6) is 0 Å². The summed E-state index contributed by atoms with van der Waals surface area (Å²) in [6, 6.07) is 2.27. The van der Waals surface area contributed by atoms with E-state index >= 15 is 0 Å². The number of nitrogens with one attached hydrogen (secondary N) is 1. The maximum atomic E-state index is 5.66. The van der Waals surface area contributed by atoms with Gasteiger partial charge in [0, 0.05) is 18.4 Å². The number of aromatic nitrogens is 5. The fourth-order valence-corrected chi connectivity index (χ4v) is 1.67. The normalized spacial score (nSPS) is 15.5. The molecule has 1 aliphatic rings. The first-order chi connectivity index (χ1) is 8.31. The molecule has 88 valence electrons. The van der Waals surface area contributed by atoms with Gasteiger partial charge in [0.2, 0.25) is 11.9 Å². The van der Waals surface area contributed by atoms with Crippen LogP contribution in [0, 0.1) is 0 Å². The molecule has 1 saturated carbocycles. The van der Waals surface area contributed by atoms with Crippen LogP contribution in [0.3, 0.4) is 0 Å². The van der Waals surface area contributed by atoms with Crippen molar-refractivity contribution < 1.29 is 0 Å². The Balaban J connectivity index is 1.89. The van der Waals surface area contributed by atoms with Gasteiger partial charge in [-0.2, -0.15) is 20.1 Å². The third-order valence-electron chi connectivity index (χ3n) is 2.79. The van der Waals surface area contributed by atoms with E-state index in [1.54, 1.807) is 23.1 Å². The fraction of sp³-hybridized carbons (Fsp3) is 0.400. The molecule has 0 spiro atoms. The molecule has 0 amide bonds. The van der Waals surface area contributed by atoms with Gasteiger partial charge in [-0.1, -0.05) is 0 Å². The first kappa shape index (κ1) is 10.0. The van der Waals surface area contributed by atoms with E-state index in [1.807, 2.05) is 0 Å². The molecule has 17 heavy (non-hydrogen) atoms. The number of nitrogens with zero attached hydrogens (tertiary/aromatic N) is 5. The first-order valence-corrected chi connectivity index (χ1v) is 5.59. The first-order valence-electron chi connectivity index (χ1n) is 5.59. The smallest absolute Gasteiger partial charge is 0.257 e. The summed E-state index contributed by atoms with van der Waals surface area (Å²) >= 11 is 0. The van der Waals surface area contributed by atoms with Crippen LogP contribution in [0.2, 0.25) is 0 Å². The Bertz CT molecular complexity index is 503. The van der Waals surface area contributed by atoms with Crippen molar-refractivity contribution in [3.63, 3.8) is 0 Å². The van der Waals surface area contributed by atoms with E-state index in [4.69, 9.17) is 5.73 Å². The quantitative estimate of drug-likeness (QED) is 0.803. The summed E-state index contributed by atoms with van der Waals surface area (Å²) in [6.07, 6.45) is 7.00. The predicted octanol–water partition coefficient (Wildman–Crippen LogP) is 0.604. The zero-order valence-corrected chi connectivity index (χ0v) is 9.24. The summed E-state index contributed by atoms with van der Waals surface area (Å²) in [4.78, 5) is 12.4. The van der Waals surface area contributed by atoms with Crippen LogP contribution in [-0.2, 0) is 0 Å². The second-order valence-electron chi connectivity index (χ2n) is 4.04. The summed E-state index contributed by atoms with van der Waals surface area (Å²) in [5, 5.41) is 7.30. The van der Waals surface area contributed by atoms with Crippen molar-refractivity contribution in [2.24, 2.45) is 0 Å². The van der Waals surface area contributed by atoms with Gasteiger partial charge in [-0.15, -0.1) is 0 Å². The molecule has 7 heteroatoms. The fourth-order valence-electron chi connectivity index (χ4n) is 1.67. The second-order valence-corrected chi connectivity index (χ2v) is 4.04. The van der Waals surface area contributed by atoms with E-state index in [2.05, 4.69) is 25.4 Å². The van der Waals surface area contributed by atoms with Crippen LogP contribution < -0.4 is 11.1 Å². The maximum absolute atomic E-state index is 5.66. The zero-order valence-electron chi connectivity index (χ0n) is 9.24. The van der Waals surface area contributed by atoms with Crippen molar-refractivity contribution in [1.82, 2.24) is 24.7 Å². The van der Waals surface area contributed by atoms with Crippen LogP contribution in [0.1, 0.15) is 19.3 Å². The lowest BCUT2D eigenvalue weighted by Gasteiger charge is -2.26. The van der Waals surface area contributed by atoms with Crippen molar-refractivity contribution in [3.8, 4) is 5.95 Å². The summed E-state index contributed by atoms with van der Waals surface area (Å²) < 4.78 is 1.56. The molecular formula is C10H13N7. The largest absolute Gasteiger partial charge is 0.368 e. The average molecular weight is 231 g/mol. The van der Waals surface area contributed by atoms with Gasteiger partial charge in [0.25, 0.3) is 5.95 Å². The van der Waals surface area contributed by atoms with E-state index in [0.717, 1.165) is 12.8 Å². The Labute approximate surface area is 98.1 Å². The number of rotatable bonds is 3. The zero-order chi connectivity index (χ0) is 11.7. The van der Waals surface area contributed by atoms with Crippen molar-refractivity contribution in [2.75, 3.05) is 11.1 Å². The molecule has 1 aliphatic carbocycles. The van der Waals surface area contributed by atoms with E-state index < -0.39 is 0 Å². The molecule has 0 radical (unpaired) electrons. The minimum atomic E-state index is 0.201. The summed E-state index contributed by atoms with van der Waals surface area (Å²) in [7, 11) is 0. The maximum Gasteiger partial charge on any atom is 0.257 e. The lowest BCUT2D eigenvalue weighted by Crippen LogP contribution is -2.28. The Kier molecular flexibility index (Phi) is 2.36. The number of anilines is 2. The topological polar surface area (TPSA) is 94.5 Å². The number of nitrogen functional groups attached to an aromatic ring is 1. The number of hydrogen-bond acceptors (Lipinski definition) is 6. The molecule has 3 N–H and O–H groups in total. The Morgan fingerprint density at radius 2 is 2.18 bits per heavy atom. The van der Waals surface area contributed by atoms with Gasteiger partial charge < -0.3 is 11.1 Å². The van der Waals surface area contributed by atoms with Gasteiger partial charge in [0.1, 0.15) is 0 Å². The van der Waals surface area contributed by atoms with Crippen molar-refractivity contribution in [1.29, 1.82) is 0 Å². The highest BCUT2D eigenvalue weighted by atomic mass is 15.4. The van der Waals surface area contributed by atoms with Crippen LogP contribution in [0.4, 0.5) is 11.9 Å². The summed E-state index contributed by atoms with van der Waals surface area (Å²) in [5.74, 6) is 1.16. The summed E-state index contributed by atoms with van der Waals surface area (Å²) in [5.41, 5.74) is 5.66. The van der Waals surface area contributed by atoms with E-state index in [1.165, 1.54) is 6.42 Å². The molecule has 0 aromatic carbocycles. The van der Waals surface area contributed by atoms with E-state index in [0.29, 0.717) is 17.9 Å².